The van der Waals surface area contributed by atoms with Crippen molar-refractivity contribution in [1.29, 1.82) is 0 Å². The number of hydrogen-bond acceptors (Lipinski definition) is 4. The fourth-order valence-electron chi connectivity index (χ4n) is 2.62. The molecule has 0 aliphatic carbocycles. The molecular weight excluding hydrogens is 342 g/mol. The van der Waals surface area contributed by atoms with Crippen LogP contribution in [-0.4, -0.2) is 30.0 Å². The number of benzene rings is 3. The van der Waals surface area contributed by atoms with Crippen LogP contribution in [0.5, 0.6) is 5.75 Å². The van der Waals surface area contributed by atoms with Crippen LogP contribution in [0.4, 0.5) is 5.69 Å². The molecule has 3 rings (SSSR count). The zero-order valence-corrected chi connectivity index (χ0v) is 14.6. The summed E-state index contributed by atoms with van der Waals surface area (Å²) in [5.41, 5.74) is 2.69. The number of nitrogens with one attached hydrogen (secondary N) is 1. The van der Waals surface area contributed by atoms with E-state index in [1.165, 1.54) is 12.1 Å². The zero-order valence-electron chi connectivity index (χ0n) is 14.6. The second-order valence-electron chi connectivity index (χ2n) is 5.93. The summed E-state index contributed by atoms with van der Waals surface area (Å²) in [6.45, 7) is -0.0218. The number of rotatable bonds is 8. The average molecular weight is 361 g/mol. The van der Waals surface area contributed by atoms with Gasteiger partial charge in [-0.3, -0.25) is 4.79 Å². The van der Waals surface area contributed by atoms with E-state index in [9.17, 15) is 9.59 Å². The molecule has 3 aromatic rings. The minimum Gasteiger partial charge on any atom is -0.485 e. The second kappa shape index (κ2) is 8.67. The molecule has 0 fully saturated rings. The Balaban J connectivity index is 1.59. The fraction of sp³-hybridized carbons (Fsp3) is 0.0909. The van der Waals surface area contributed by atoms with Crippen molar-refractivity contribution in [3.8, 4) is 16.9 Å². The minimum absolute atomic E-state index is 0.0522. The summed E-state index contributed by atoms with van der Waals surface area (Å²) in [7, 11) is 0. The number of carboxylic acid groups (broad SMARTS) is 1. The van der Waals surface area contributed by atoms with Gasteiger partial charge in [0.05, 0.1) is 12.1 Å². The Kier molecular flexibility index (Phi) is 5.84. The molecule has 0 heterocycles. The molecule has 0 atom stereocenters. The lowest BCUT2D eigenvalue weighted by Crippen LogP contribution is -2.21. The first-order chi connectivity index (χ1) is 13.1. The molecule has 0 aliphatic rings. The van der Waals surface area contributed by atoms with Gasteiger partial charge in [0.2, 0.25) is 0 Å². The third-order valence-corrected chi connectivity index (χ3v) is 3.96. The van der Waals surface area contributed by atoms with Crippen LogP contribution in [0.15, 0.2) is 78.9 Å². The van der Waals surface area contributed by atoms with Gasteiger partial charge in [0, 0.05) is 11.3 Å². The zero-order chi connectivity index (χ0) is 19.1. The van der Waals surface area contributed by atoms with Crippen molar-refractivity contribution >= 4 is 17.4 Å². The summed E-state index contributed by atoms with van der Waals surface area (Å²) >= 11 is 0. The van der Waals surface area contributed by atoms with Gasteiger partial charge in [-0.1, -0.05) is 54.6 Å². The third-order valence-electron chi connectivity index (χ3n) is 3.96. The van der Waals surface area contributed by atoms with Gasteiger partial charge in [-0.15, -0.1) is 0 Å². The highest BCUT2D eigenvalue weighted by Gasteiger charge is 2.09. The molecular formula is C22H19NO4. The highest BCUT2D eigenvalue weighted by molar-refractivity contribution is 5.89. The first kappa shape index (κ1) is 18.2. The third kappa shape index (κ3) is 4.95. The lowest BCUT2D eigenvalue weighted by atomic mass is 10.1. The van der Waals surface area contributed by atoms with Crippen LogP contribution >= 0.6 is 0 Å². The topological polar surface area (TPSA) is 75.6 Å². The van der Waals surface area contributed by atoms with Gasteiger partial charge in [0.25, 0.3) is 0 Å². The van der Waals surface area contributed by atoms with E-state index in [1.54, 1.807) is 12.1 Å². The Morgan fingerprint density at radius 3 is 2.41 bits per heavy atom. The van der Waals surface area contributed by atoms with Gasteiger partial charge >= 0.3 is 5.97 Å². The van der Waals surface area contributed by atoms with Gasteiger partial charge < -0.3 is 15.2 Å². The highest BCUT2D eigenvalue weighted by atomic mass is 16.5. The molecule has 0 aromatic heterocycles. The molecule has 0 spiro atoms. The fourth-order valence-corrected chi connectivity index (χ4v) is 2.62. The first-order valence-corrected chi connectivity index (χ1v) is 8.49. The van der Waals surface area contributed by atoms with Crippen LogP contribution in [-0.2, 0) is 4.79 Å². The van der Waals surface area contributed by atoms with Crippen LogP contribution in [0.25, 0.3) is 11.1 Å². The van der Waals surface area contributed by atoms with Crippen molar-refractivity contribution in [2.24, 2.45) is 0 Å². The van der Waals surface area contributed by atoms with E-state index in [1.807, 2.05) is 54.6 Å². The summed E-state index contributed by atoms with van der Waals surface area (Å²) in [6.07, 6.45) is 0. The van der Waals surface area contributed by atoms with E-state index in [0.717, 1.165) is 11.1 Å². The summed E-state index contributed by atoms with van der Waals surface area (Å²) in [5.74, 6) is -0.505. The van der Waals surface area contributed by atoms with E-state index in [-0.39, 0.29) is 24.5 Å². The Hall–Kier alpha value is -3.60. The van der Waals surface area contributed by atoms with E-state index in [2.05, 4.69) is 5.32 Å². The SMILES string of the molecule is O=C(CNc1cccc(C(=O)O)c1)COc1ccccc1-c1ccccc1. The molecule has 0 saturated carbocycles. The van der Waals surface area contributed by atoms with Crippen LogP contribution in [0.3, 0.4) is 0 Å². The van der Waals surface area contributed by atoms with Crippen molar-refractivity contribution < 1.29 is 19.4 Å². The lowest BCUT2D eigenvalue weighted by Gasteiger charge is -2.12. The predicted molar refractivity (Wildman–Crippen MR) is 104 cm³/mol. The lowest BCUT2D eigenvalue weighted by molar-refractivity contribution is -0.119. The number of carbonyl (C=O) groups excluding carboxylic acids is 1. The van der Waals surface area contributed by atoms with Gasteiger partial charge in [-0.2, -0.15) is 0 Å². The molecule has 0 unspecified atom stereocenters. The maximum absolute atomic E-state index is 12.2. The number of Topliss-reactive ketones (excluding diaryl/α,β-unsaturated/α-hetero) is 1. The molecule has 0 radical (unpaired) electrons. The number of aromatic carboxylic acids is 1. The van der Waals surface area contributed by atoms with E-state index >= 15 is 0 Å². The highest BCUT2D eigenvalue weighted by Crippen LogP contribution is 2.29. The molecule has 0 bridgehead atoms. The van der Waals surface area contributed by atoms with Crippen molar-refractivity contribution in [3.63, 3.8) is 0 Å². The normalized spacial score (nSPS) is 10.2. The monoisotopic (exact) mass is 361 g/mol. The van der Waals surface area contributed by atoms with E-state index in [4.69, 9.17) is 9.84 Å². The predicted octanol–water partition coefficient (Wildman–Crippen LogP) is 4.11. The number of para-hydroxylation sites is 1. The van der Waals surface area contributed by atoms with Crippen molar-refractivity contribution in [2.75, 3.05) is 18.5 Å². The quantitative estimate of drug-likeness (QED) is 0.631. The van der Waals surface area contributed by atoms with Crippen LogP contribution in [0.2, 0.25) is 0 Å². The standard InChI is InChI=1S/C22H19NO4/c24-19(14-23-18-10-6-9-17(13-18)22(25)26)15-27-21-12-5-4-11-20(21)16-7-2-1-3-8-16/h1-13,23H,14-15H2,(H,25,26). The van der Waals surface area contributed by atoms with Crippen molar-refractivity contribution in [2.45, 2.75) is 0 Å². The number of ketones is 1. The number of ether oxygens (including phenoxy) is 1. The largest absolute Gasteiger partial charge is 0.485 e. The molecule has 136 valence electrons. The molecule has 0 saturated heterocycles. The van der Waals surface area contributed by atoms with Gasteiger partial charge in [-0.05, 0) is 29.8 Å². The number of hydrogen-bond donors (Lipinski definition) is 2. The number of carboxylic acids is 1. The molecule has 27 heavy (non-hydrogen) atoms. The Bertz CT molecular complexity index is 938. The summed E-state index contributed by atoms with van der Waals surface area (Å²) in [6, 6.07) is 23.7. The molecule has 2 N–H and O–H groups in total. The molecule has 5 heteroatoms. The van der Waals surface area contributed by atoms with Crippen molar-refractivity contribution in [3.05, 3.63) is 84.4 Å². The van der Waals surface area contributed by atoms with Crippen LogP contribution in [0, 0.1) is 0 Å². The second-order valence-corrected chi connectivity index (χ2v) is 5.93. The Labute approximate surface area is 157 Å². The summed E-state index contributed by atoms with van der Waals surface area (Å²) in [5, 5.41) is 11.9. The van der Waals surface area contributed by atoms with Gasteiger partial charge in [0.1, 0.15) is 12.4 Å². The maximum Gasteiger partial charge on any atom is 0.335 e. The van der Waals surface area contributed by atoms with Gasteiger partial charge in [0.15, 0.2) is 5.78 Å². The smallest absolute Gasteiger partial charge is 0.335 e. The van der Waals surface area contributed by atoms with Crippen LogP contribution in [0.1, 0.15) is 10.4 Å². The van der Waals surface area contributed by atoms with E-state index < -0.39 is 5.97 Å². The first-order valence-electron chi connectivity index (χ1n) is 8.49. The molecule has 3 aromatic carbocycles. The van der Waals surface area contributed by atoms with Crippen molar-refractivity contribution in [1.82, 2.24) is 0 Å². The number of carbonyl (C=O) groups is 2. The molecule has 5 nitrogen and oxygen atoms in total. The van der Waals surface area contributed by atoms with Gasteiger partial charge in [-0.25, -0.2) is 4.79 Å². The summed E-state index contributed by atoms with van der Waals surface area (Å²) < 4.78 is 5.72. The molecule has 0 aliphatic heterocycles. The minimum atomic E-state index is -1.01. The molecule has 0 amide bonds. The maximum atomic E-state index is 12.2. The number of anilines is 1. The Morgan fingerprint density at radius 2 is 1.63 bits per heavy atom. The Morgan fingerprint density at radius 1 is 0.889 bits per heavy atom. The summed E-state index contributed by atoms with van der Waals surface area (Å²) in [4.78, 5) is 23.1. The average Bonchev–Trinajstić information content (AvgIpc) is 2.72. The van der Waals surface area contributed by atoms with E-state index in [0.29, 0.717) is 11.4 Å². The van der Waals surface area contributed by atoms with Crippen LogP contribution < -0.4 is 10.1 Å².